The first kappa shape index (κ1) is 7.67. The minimum absolute atomic E-state index is 0.208. The van der Waals surface area contributed by atoms with Crippen LogP contribution in [0.3, 0.4) is 0 Å². The second-order valence-corrected chi connectivity index (χ2v) is 2.74. The van der Waals surface area contributed by atoms with Crippen molar-refractivity contribution in [3.05, 3.63) is 30.5 Å². The number of anilines is 1. The van der Waals surface area contributed by atoms with Gasteiger partial charge in [-0.15, -0.1) is 0 Å². The van der Waals surface area contributed by atoms with E-state index in [1.165, 1.54) is 0 Å². The molecular formula is C9H9N3O. The number of nitrogens with one attached hydrogen (secondary N) is 1. The number of nitrogens with zero attached hydrogens (tertiary/aromatic N) is 1. The van der Waals surface area contributed by atoms with Crippen LogP contribution in [0.4, 0.5) is 5.69 Å². The molecule has 4 nitrogen and oxygen atoms in total. The molecule has 1 aromatic carbocycles. The highest BCUT2D eigenvalue weighted by Crippen LogP contribution is 2.25. The third-order valence-electron chi connectivity index (χ3n) is 1.79. The van der Waals surface area contributed by atoms with Crippen LogP contribution in [-0.2, 0) is 0 Å². The number of phenols is 1. The second kappa shape index (κ2) is 2.82. The molecule has 0 aliphatic carbocycles. The fraction of sp³-hybridized carbons (Fsp3) is 0. The number of hydrogen-bond acceptors (Lipinski definition) is 3. The number of phenolic OH excluding ortho intramolecular Hbond substituents is 1. The molecule has 0 saturated heterocycles. The van der Waals surface area contributed by atoms with E-state index in [-0.39, 0.29) is 5.75 Å². The monoisotopic (exact) mass is 175 g/mol. The first-order valence-electron chi connectivity index (χ1n) is 3.86. The Balaban J connectivity index is 2.53. The third kappa shape index (κ3) is 1.33. The fourth-order valence-electron chi connectivity index (χ4n) is 1.18. The number of aromatic nitrogens is 2. The van der Waals surface area contributed by atoms with Crippen LogP contribution in [-0.4, -0.2) is 15.3 Å². The Labute approximate surface area is 75.0 Å². The Morgan fingerprint density at radius 2 is 2.23 bits per heavy atom. The Bertz CT molecular complexity index is 422. The van der Waals surface area contributed by atoms with Crippen LogP contribution in [0.5, 0.6) is 5.75 Å². The quantitative estimate of drug-likeness (QED) is 0.612. The average Bonchev–Trinajstić information content (AvgIpc) is 2.51. The molecular weight excluding hydrogens is 166 g/mol. The molecule has 0 fully saturated rings. The number of hydrogen-bond donors (Lipinski definition) is 3. The summed E-state index contributed by atoms with van der Waals surface area (Å²) < 4.78 is 0. The molecule has 1 heterocycles. The van der Waals surface area contributed by atoms with Gasteiger partial charge in [0, 0.05) is 11.8 Å². The van der Waals surface area contributed by atoms with Crippen molar-refractivity contribution in [2.24, 2.45) is 0 Å². The number of H-pyrrole nitrogens is 1. The van der Waals surface area contributed by atoms with Crippen LogP contribution in [0, 0.1) is 0 Å². The predicted molar refractivity (Wildman–Crippen MR) is 50.1 cm³/mol. The van der Waals surface area contributed by atoms with E-state index in [2.05, 4.69) is 10.2 Å². The van der Waals surface area contributed by atoms with Crippen molar-refractivity contribution >= 4 is 5.69 Å². The number of aromatic amines is 1. The van der Waals surface area contributed by atoms with Gasteiger partial charge in [-0.3, -0.25) is 5.10 Å². The summed E-state index contributed by atoms with van der Waals surface area (Å²) in [6.07, 6.45) is 1.61. The van der Waals surface area contributed by atoms with Gasteiger partial charge in [-0.1, -0.05) is 12.1 Å². The van der Waals surface area contributed by atoms with Crippen LogP contribution in [0.25, 0.3) is 11.3 Å². The van der Waals surface area contributed by atoms with Crippen LogP contribution < -0.4 is 5.73 Å². The van der Waals surface area contributed by atoms with Gasteiger partial charge in [0.1, 0.15) is 11.4 Å². The zero-order valence-electron chi connectivity index (χ0n) is 6.86. The minimum atomic E-state index is 0.208. The summed E-state index contributed by atoms with van der Waals surface area (Å²) in [5, 5.41) is 15.8. The Morgan fingerprint density at radius 3 is 2.85 bits per heavy atom. The molecule has 0 bridgehead atoms. The van der Waals surface area contributed by atoms with E-state index >= 15 is 0 Å². The van der Waals surface area contributed by atoms with Crippen molar-refractivity contribution in [2.45, 2.75) is 0 Å². The van der Waals surface area contributed by atoms with E-state index in [1.54, 1.807) is 24.4 Å². The zero-order chi connectivity index (χ0) is 9.26. The molecule has 2 aromatic rings. The van der Waals surface area contributed by atoms with Crippen molar-refractivity contribution in [1.29, 1.82) is 0 Å². The van der Waals surface area contributed by atoms with Gasteiger partial charge in [-0.25, -0.2) is 0 Å². The Hall–Kier alpha value is -1.97. The van der Waals surface area contributed by atoms with E-state index in [0.29, 0.717) is 11.4 Å². The molecule has 66 valence electrons. The molecule has 4 N–H and O–H groups in total. The Morgan fingerprint density at radius 1 is 1.38 bits per heavy atom. The molecule has 0 spiro atoms. The van der Waals surface area contributed by atoms with Crippen molar-refractivity contribution in [3.8, 4) is 17.0 Å². The van der Waals surface area contributed by atoms with Gasteiger partial charge in [0.05, 0.1) is 5.69 Å². The van der Waals surface area contributed by atoms with Gasteiger partial charge in [0.2, 0.25) is 0 Å². The topological polar surface area (TPSA) is 74.9 Å². The van der Waals surface area contributed by atoms with Crippen LogP contribution in [0.2, 0.25) is 0 Å². The number of aromatic hydroxyl groups is 1. The largest absolute Gasteiger partial charge is 0.508 e. The number of rotatable bonds is 1. The molecule has 0 aliphatic heterocycles. The highest BCUT2D eigenvalue weighted by Gasteiger charge is 2.04. The zero-order valence-corrected chi connectivity index (χ0v) is 6.86. The van der Waals surface area contributed by atoms with Crippen molar-refractivity contribution in [2.75, 3.05) is 5.73 Å². The average molecular weight is 175 g/mol. The number of nitrogens with two attached hydrogens (primary N) is 1. The maximum atomic E-state index is 9.22. The molecule has 2 rings (SSSR count). The fourth-order valence-corrected chi connectivity index (χ4v) is 1.18. The van der Waals surface area contributed by atoms with Crippen LogP contribution >= 0.6 is 0 Å². The number of benzene rings is 1. The molecule has 0 radical (unpaired) electrons. The van der Waals surface area contributed by atoms with E-state index < -0.39 is 0 Å². The lowest BCUT2D eigenvalue weighted by molar-refractivity contribution is 0.475. The van der Waals surface area contributed by atoms with Crippen molar-refractivity contribution in [3.63, 3.8) is 0 Å². The standard InChI is InChI=1S/C9H9N3O/c10-8-5-11-12-9(8)6-2-1-3-7(13)4-6/h1-5,13H,10H2,(H,11,12). The van der Waals surface area contributed by atoms with E-state index in [9.17, 15) is 5.11 Å². The SMILES string of the molecule is Nc1c[nH]nc1-c1cccc(O)c1. The minimum Gasteiger partial charge on any atom is -0.508 e. The smallest absolute Gasteiger partial charge is 0.116 e. The van der Waals surface area contributed by atoms with Gasteiger partial charge in [0.25, 0.3) is 0 Å². The summed E-state index contributed by atoms with van der Waals surface area (Å²) in [4.78, 5) is 0. The van der Waals surface area contributed by atoms with Gasteiger partial charge < -0.3 is 10.8 Å². The van der Waals surface area contributed by atoms with Gasteiger partial charge in [-0.05, 0) is 12.1 Å². The molecule has 0 atom stereocenters. The van der Waals surface area contributed by atoms with E-state index in [4.69, 9.17) is 5.73 Å². The summed E-state index contributed by atoms with van der Waals surface area (Å²) in [5.41, 5.74) is 7.69. The molecule has 1 aromatic heterocycles. The summed E-state index contributed by atoms with van der Waals surface area (Å²) in [6.45, 7) is 0. The van der Waals surface area contributed by atoms with E-state index in [0.717, 1.165) is 5.56 Å². The summed E-state index contributed by atoms with van der Waals surface area (Å²) in [5.74, 6) is 0.208. The second-order valence-electron chi connectivity index (χ2n) is 2.74. The molecule has 0 amide bonds. The lowest BCUT2D eigenvalue weighted by atomic mass is 10.1. The first-order chi connectivity index (χ1) is 6.27. The highest BCUT2D eigenvalue weighted by atomic mass is 16.3. The van der Waals surface area contributed by atoms with Crippen LogP contribution in [0.15, 0.2) is 30.5 Å². The van der Waals surface area contributed by atoms with Crippen molar-refractivity contribution < 1.29 is 5.11 Å². The Kier molecular flexibility index (Phi) is 1.66. The maximum absolute atomic E-state index is 9.22. The van der Waals surface area contributed by atoms with Crippen LogP contribution in [0.1, 0.15) is 0 Å². The molecule has 0 unspecified atom stereocenters. The first-order valence-corrected chi connectivity index (χ1v) is 3.86. The van der Waals surface area contributed by atoms with Gasteiger partial charge >= 0.3 is 0 Å². The predicted octanol–water partition coefficient (Wildman–Crippen LogP) is 1.36. The maximum Gasteiger partial charge on any atom is 0.116 e. The third-order valence-corrected chi connectivity index (χ3v) is 1.79. The van der Waals surface area contributed by atoms with E-state index in [1.807, 2.05) is 6.07 Å². The highest BCUT2D eigenvalue weighted by molar-refractivity contribution is 5.72. The van der Waals surface area contributed by atoms with Crippen molar-refractivity contribution in [1.82, 2.24) is 10.2 Å². The lowest BCUT2D eigenvalue weighted by Crippen LogP contribution is -1.85. The molecule has 0 aliphatic rings. The normalized spacial score (nSPS) is 10.2. The molecule has 0 saturated carbocycles. The summed E-state index contributed by atoms with van der Waals surface area (Å²) >= 11 is 0. The van der Waals surface area contributed by atoms with Gasteiger partial charge in [0.15, 0.2) is 0 Å². The van der Waals surface area contributed by atoms with Gasteiger partial charge in [-0.2, -0.15) is 5.10 Å². The molecule has 4 heteroatoms. The molecule has 13 heavy (non-hydrogen) atoms. The summed E-state index contributed by atoms with van der Waals surface area (Å²) in [6, 6.07) is 6.81. The lowest BCUT2D eigenvalue weighted by Gasteiger charge is -1.98. The summed E-state index contributed by atoms with van der Waals surface area (Å²) in [7, 11) is 0. The number of nitrogen functional groups attached to an aromatic ring is 1.